The topological polar surface area (TPSA) is 107 Å². The standard InChI is InChI=1S/C18H23N3O5S2/c1-9-15(24-4)6-14(22)12(16(9)18(23)25-5)7-28-8-13(20-11(3)27)17-19-10(2)21-26-17/h6,13,22H,7-8H2,1-5H3,(H,20,27)/t13-/m0/s1. The third kappa shape index (κ3) is 5.14. The Morgan fingerprint density at radius 2 is 2.14 bits per heavy atom. The van der Waals surface area contributed by atoms with E-state index < -0.39 is 5.97 Å². The Morgan fingerprint density at radius 3 is 2.68 bits per heavy atom. The summed E-state index contributed by atoms with van der Waals surface area (Å²) in [6.45, 7) is 5.26. The van der Waals surface area contributed by atoms with Crippen LogP contribution in [0.15, 0.2) is 10.6 Å². The fourth-order valence-corrected chi connectivity index (χ4v) is 3.91. The van der Waals surface area contributed by atoms with Gasteiger partial charge in [0.25, 0.3) is 0 Å². The van der Waals surface area contributed by atoms with Crippen LogP contribution in [0.2, 0.25) is 0 Å². The molecule has 2 N–H and O–H groups in total. The van der Waals surface area contributed by atoms with Crippen LogP contribution in [-0.2, 0) is 10.5 Å². The highest BCUT2D eigenvalue weighted by Gasteiger charge is 2.24. The molecule has 0 bridgehead atoms. The first kappa shape index (κ1) is 22.0. The molecular formula is C18H23N3O5S2. The van der Waals surface area contributed by atoms with Crippen molar-refractivity contribution in [1.29, 1.82) is 0 Å². The van der Waals surface area contributed by atoms with Crippen LogP contribution in [-0.4, -0.2) is 46.2 Å². The smallest absolute Gasteiger partial charge is 0.338 e. The number of phenols is 1. The summed E-state index contributed by atoms with van der Waals surface area (Å²) in [5.74, 6) is 1.72. The van der Waals surface area contributed by atoms with Crippen molar-refractivity contribution in [3.8, 4) is 11.5 Å². The van der Waals surface area contributed by atoms with Gasteiger partial charge in [-0.3, -0.25) is 0 Å². The van der Waals surface area contributed by atoms with E-state index in [0.717, 1.165) is 0 Å². The van der Waals surface area contributed by atoms with Crippen molar-refractivity contribution < 1.29 is 23.9 Å². The highest BCUT2D eigenvalue weighted by atomic mass is 32.2. The van der Waals surface area contributed by atoms with Crippen molar-refractivity contribution >= 4 is 34.9 Å². The Bertz CT molecular complexity index is 869. The summed E-state index contributed by atoms with van der Waals surface area (Å²) in [4.78, 5) is 17.1. The normalized spacial score (nSPS) is 11.8. The van der Waals surface area contributed by atoms with Gasteiger partial charge >= 0.3 is 5.97 Å². The molecule has 0 radical (unpaired) electrons. The first-order valence-corrected chi connectivity index (χ1v) is 9.97. The minimum atomic E-state index is -0.528. The summed E-state index contributed by atoms with van der Waals surface area (Å²) in [6.07, 6.45) is 0. The zero-order valence-corrected chi connectivity index (χ0v) is 18.0. The van der Waals surface area contributed by atoms with Gasteiger partial charge in [-0.1, -0.05) is 17.4 Å². The number of hydrogen-bond donors (Lipinski definition) is 2. The van der Waals surface area contributed by atoms with Crippen molar-refractivity contribution in [2.45, 2.75) is 32.6 Å². The number of thiocarbonyl (C=S) groups is 1. The lowest BCUT2D eigenvalue weighted by atomic mass is 10.0. The largest absolute Gasteiger partial charge is 0.507 e. The summed E-state index contributed by atoms with van der Waals surface area (Å²) in [7, 11) is 2.78. The minimum absolute atomic E-state index is 0.0282. The molecule has 1 aromatic carbocycles. The van der Waals surface area contributed by atoms with Crippen LogP contribution in [0.25, 0.3) is 0 Å². The van der Waals surface area contributed by atoms with Crippen LogP contribution < -0.4 is 10.1 Å². The van der Waals surface area contributed by atoms with Crippen LogP contribution in [0.1, 0.15) is 46.2 Å². The van der Waals surface area contributed by atoms with Gasteiger partial charge in [0.15, 0.2) is 5.82 Å². The summed E-state index contributed by atoms with van der Waals surface area (Å²) in [5.41, 5.74) is 1.39. The molecule has 2 rings (SSSR count). The first-order valence-electron chi connectivity index (χ1n) is 8.41. The van der Waals surface area contributed by atoms with Crippen LogP contribution in [0.5, 0.6) is 11.5 Å². The molecular weight excluding hydrogens is 402 g/mol. The second kappa shape index (κ2) is 9.74. The molecule has 28 heavy (non-hydrogen) atoms. The first-order chi connectivity index (χ1) is 13.3. The number of nitrogens with one attached hydrogen (secondary N) is 1. The van der Waals surface area contributed by atoms with Gasteiger partial charge in [-0.25, -0.2) is 4.79 Å². The number of thioether (sulfide) groups is 1. The lowest BCUT2D eigenvalue weighted by Crippen LogP contribution is -2.27. The average Bonchev–Trinajstić information content (AvgIpc) is 3.08. The van der Waals surface area contributed by atoms with Crippen molar-refractivity contribution in [3.63, 3.8) is 0 Å². The van der Waals surface area contributed by atoms with E-state index in [-0.39, 0.29) is 11.8 Å². The van der Waals surface area contributed by atoms with Gasteiger partial charge in [0.2, 0.25) is 5.89 Å². The minimum Gasteiger partial charge on any atom is -0.507 e. The van der Waals surface area contributed by atoms with Crippen molar-refractivity contribution in [2.75, 3.05) is 20.0 Å². The predicted octanol–water partition coefficient (Wildman–Crippen LogP) is 3.10. The highest BCUT2D eigenvalue weighted by molar-refractivity contribution is 7.98. The number of benzene rings is 1. The maximum atomic E-state index is 12.3. The van der Waals surface area contributed by atoms with E-state index in [9.17, 15) is 9.90 Å². The number of ether oxygens (including phenoxy) is 2. The number of hydrogen-bond acceptors (Lipinski definition) is 9. The molecule has 0 spiro atoms. The van der Waals surface area contributed by atoms with Gasteiger partial charge in [0.1, 0.15) is 17.5 Å². The lowest BCUT2D eigenvalue weighted by molar-refractivity contribution is 0.0598. The van der Waals surface area contributed by atoms with Gasteiger partial charge < -0.3 is 24.4 Å². The highest BCUT2D eigenvalue weighted by Crippen LogP contribution is 2.36. The molecule has 2 aromatic rings. The second-order valence-electron chi connectivity index (χ2n) is 6.02. The molecule has 0 amide bonds. The van der Waals surface area contributed by atoms with Crippen molar-refractivity contribution in [1.82, 2.24) is 15.5 Å². The monoisotopic (exact) mass is 425 g/mol. The number of aryl methyl sites for hydroxylation is 1. The molecule has 1 aromatic heterocycles. The molecule has 0 aliphatic rings. The number of phenolic OH excluding ortho intramolecular Hbond substituents is 1. The van der Waals surface area contributed by atoms with E-state index in [4.69, 9.17) is 26.2 Å². The molecule has 0 aliphatic carbocycles. The Labute approximate surface area is 173 Å². The molecule has 0 unspecified atom stereocenters. The number of carbonyl (C=O) groups is 1. The lowest BCUT2D eigenvalue weighted by Gasteiger charge is -2.18. The molecule has 0 saturated heterocycles. The predicted molar refractivity (Wildman–Crippen MR) is 110 cm³/mol. The van der Waals surface area contributed by atoms with Gasteiger partial charge in [0, 0.05) is 28.7 Å². The fourth-order valence-electron chi connectivity index (χ4n) is 2.69. The third-order valence-electron chi connectivity index (χ3n) is 3.98. The van der Waals surface area contributed by atoms with E-state index in [2.05, 4.69) is 15.5 Å². The molecule has 0 fully saturated rings. The number of aromatic hydroxyl groups is 1. The molecule has 0 aliphatic heterocycles. The Morgan fingerprint density at radius 1 is 1.43 bits per heavy atom. The molecule has 1 atom stereocenters. The Hall–Kier alpha value is -2.33. The van der Waals surface area contributed by atoms with Gasteiger partial charge in [0.05, 0.1) is 24.8 Å². The zero-order chi connectivity index (χ0) is 20.8. The van der Waals surface area contributed by atoms with E-state index >= 15 is 0 Å². The fraction of sp³-hybridized carbons (Fsp3) is 0.444. The van der Waals surface area contributed by atoms with E-state index in [1.54, 1.807) is 20.8 Å². The number of aromatic nitrogens is 2. The van der Waals surface area contributed by atoms with Gasteiger partial charge in [-0.05, 0) is 20.8 Å². The molecule has 8 nitrogen and oxygen atoms in total. The van der Waals surface area contributed by atoms with Crippen LogP contribution in [0.4, 0.5) is 0 Å². The summed E-state index contributed by atoms with van der Waals surface area (Å²) in [6, 6.07) is 1.21. The van der Waals surface area contributed by atoms with Crippen molar-refractivity contribution in [2.24, 2.45) is 0 Å². The summed E-state index contributed by atoms with van der Waals surface area (Å²) < 4.78 is 15.4. The van der Waals surface area contributed by atoms with Crippen molar-refractivity contribution in [3.05, 3.63) is 34.5 Å². The second-order valence-corrected chi connectivity index (χ2v) is 7.66. The van der Waals surface area contributed by atoms with Gasteiger partial charge in [-0.15, -0.1) is 0 Å². The quantitative estimate of drug-likeness (QED) is 0.484. The van der Waals surface area contributed by atoms with Gasteiger partial charge in [-0.2, -0.15) is 16.7 Å². The van der Waals surface area contributed by atoms with E-state index in [1.165, 1.54) is 32.0 Å². The molecule has 1 heterocycles. The number of rotatable bonds is 8. The zero-order valence-electron chi connectivity index (χ0n) is 16.4. The number of carbonyl (C=O) groups excluding carboxylic acids is 1. The number of esters is 1. The van der Waals surface area contributed by atoms with E-state index in [1.807, 2.05) is 0 Å². The molecule has 152 valence electrons. The van der Waals surface area contributed by atoms with Crippen LogP contribution in [0, 0.1) is 13.8 Å². The maximum absolute atomic E-state index is 12.3. The maximum Gasteiger partial charge on any atom is 0.338 e. The Balaban J connectivity index is 2.23. The average molecular weight is 426 g/mol. The van der Waals surface area contributed by atoms with Crippen LogP contribution >= 0.6 is 24.0 Å². The summed E-state index contributed by atoms with van der Waals surface area (Å²) in [5, 5.41) is 17.4. The number of methoxy groups -OCH3 is 2. The third-order valence-corrected chi connectivity index (χ3v) is 5.16. The van der Waals surface area contributed by atoms with Crippen LogP contribution in [0.3, 0.4) is 0 Å². The molecule has 0 saturated carbocycles. The summed E-state index contributed by atoms with van der Waals surface area (Å²) >= 11 is 6.61. The number of nitrogens with zero attached hydrogens (tertiary/aromatic N) is 2. The molecule has 10 heteroatoms. The Kier molecular flexibility index (Phi) is 7.64. The SMILES string of the molecule is COC(=O)c1c(C)c(OC)cc(O)c1CSC[C@H](NC(C)=S)c1nc(C)no1. The van der Waals surface area contributed by atoms with E-state index in [0.29, 0.717) is 50.6 Å².